The number of pyridine rings is 1. The summed E-state index contributed by atoms with van der Waals surface area (Å²) in [4.78, 5) is 9.41. The number of aryl methyl sites for hydroxylation is 1. The van der Waals surface area contributed by atoms with Gasteiger partial charge < -0.3 is 4.57 Å². The number of fused-ring (bicyclic) bond motifs is 1. The fourth-order valence-electron chi connectivity index (χ4n) is 3.42. The summed E-state index contributed by atoms with van der Waals surface area (Å²) in [6.45, 7) is 6.38. The Labute approximate surface area is 125 Å². The van der Waals surface area contributed by atoms with Gasteiger partial charge in [0.2, 0.25) is 0 Å². The normalized spacial score (nSPS) is 20.2. The lowest BCUT2D eigenvalue weighted by atomic mass is 9.83. The first-order chi connectivity index (χ1) is 9.51. The highest BCUT2D eigenvalue weighted by atomic mass is 35.5. The maximum Gasteiger partial charge on any atom is 0.160 e. The summed E-state index contributed by atoms with van der Waals surface area (Å²) in [5, 5.41) is -0.0942. The van der Waals surface area contributed by atoms with Crippen molar-refractivity contribution >= 4 is 22.8 Å². The number of alkyl halides is 1. The molecular weight excluding hydrogens is 270 g/mol. The van der Waals surface area contributed by atoms with Crippen molar-refractivity contribution in [2.24, 2.45) is 0 Å². The van der Waals surface area contributed by atoms with E-state index in [1.165, 1.54) is 32.1 Å². The molecule has 2 heterocycles. The molecule has 1 saturated carbocycles. The maximum atomic E-state index is 6.39. The summed E-state index contributed by atoms with van der Waals surface area (Å²) in [7, 11) is 0. The minimum Gasteiger partial charge on any atom is -0.306 e. The third-order valence-electron chi connectivity index (χ3n) is 4.49. The van der Waals surface area contributed by atoms with E-state index in [1.807, 2.05) is 13.1 Å². The van der Waals surface area contributed by atoms with E-state index in [0.29, 0.717) is 0 Å². The predicted molar refractivity (Wildman–Crippen MR) is 83.3 cm³/mol. The van der Waals surface area contributed by atoms with E-state index in [-0.39, 0.29) is 10.9 Å². The Morgan fingerprint density at radius 2 is 2.00 bits per heavy atom. The molecule has 0 bridgehead atoms. The second kappa shape index (κ2) is 5.03. The molecule has 0 N–H and O–H groups in total. The fourth-order valence-corrected chi connectivity index (χ4v) is 3.57. The summed E-state index contributed by atoms with van der Waals surface area (Å²) >= 11 is 6.39. The number of imidazole rings is 1. The number of halogens is 1. The molecule has 2 aromatic rings. The van der Waals surface area contributed by atoms with E-state index in [4.69, 9.17) is 16.6 Å². The van der Waals surface area contributed by atoms with Gasteiger partial charge in [0.25, 0.3) is 0 Å². The van der Waals surface area contributed by atoms with Crippen molar-refractivity contribution in [3.63, 3.8) is 0 Å². The van der Waals surface area contributed by atoms with Gasteiger partial charge in [-0.2, -0.15) is 0 Å². The van der Waals surface area contributed by atoms with Crippen LogP contribution in [-0.2, 0) is 5.54 Å². The van der Waals surface area contributed by atoms with Crippen LogP contribution in [0.25, 0.3) is 11.2 Å². The summed E-state index contributed by atoms with van der Waals surface area (Å²) in [6.07, 6.45) is 8.18. The highest BCUT2D eigenvalue weighted by Crippen LogP contribution is 2.39. The van der Waals surface area contributed by atoms with Crippen LogP contribution in [0.3, 0.4) is 0 Å². The van der Waals surface area contributed by atoms with Crippen LogP contribution in [0.1, 0.15) is 62.7 Å². The lowest BCUT2D eigenvalue weighted by molar-refractivity contribution is 0.218. The third-order valence-corrected chi connectivity index (χ3v) is 4.68. The Hall–Kier alpha value is -1.09. The van der Waals surface area contributed by atoms with Crippen LogP contribution in [0.2, 0.25) is 0 Å². The molecule has 20 heavy (non-hydrogen) atoms. The number of nitrogens with zero attached hydrogens (tertiary/aromatic N) is 3. The average Bonchev–Trinajstić information content (AvgIpc) is 2.79. The van der Waals surface area contributed by atoms with Gasteiger partial charge in [-0.05, 0) is 45.2 Å². The van der Waals surface area contributed by atoms with Crippen LogP contribution in [0, 0.1) is 6.92 Å². The molecule has 108 valence electrons. The summed E-state index contributed by atoms with van der Waals surface area (Å²) in [6, 6.07) is 2.10. The van der Waals surface area contributed by atoms with Crippen LogP contribution in [0.5, 0.6) is 0 Å². The van der Waals surface area contributed by atoms with Gasteiger partial charge in [0.05, 0.1) is 5.38 Å². The van der Waals surface area contributed by atoms with Crippen molar-refractivity contribution in [2.45, 2.75) is 63.8 Å². The summed E-state index contributed by atoms with van der Waals surface area (Å²) in [5.41, 5.74) is 3.21. The maximum absolute atomic E-state index is 6.39. The van der Waals surface area contributed by atoms with Crippen molar-refractivity contribution in [1.29, 1.82) is 0 Å². The van der Waals surface area contributed by atoms with Crippen LogP contribution < -0.4 is 0 Å². The Balaban J connectivity index is 2.23. The molecule has 0 aliphatic heterocycles. The topological polar surface area (TPSA) is 30.7 Å². The molecule has 0 saturated heterocycles. The van der Waals surface area contributed by atoms with E-state index in [1.54, 1.807) is 0 Å². The average molecular weight is 292 g/mol. The van der Waals surface area contributed by atoms with Gasteiger partial charge in [0.1, 0.15) is 11.3 Å². The molecule has 3 rings (SSSR count). The molecule has 2 aromatic heterocycles. The molecule has 3 nitrogen and oxygen atoms in total. The molecule has 0 amide bonds. The third kappa shape index (κ3) is 2.22. The molecule has 1 aliphatic rings. The van der Waals surface area contributed by atoms with Crippen molar-refractivity contribution in [2.75, 3.05) is 0 Å². The van der Waals surface area contributed by atoms with Gasteiger partial charge in [-0.15, -0.1) is 11.6 Å². The van der Waals surface area contributed by atoms with E-state index >= 15 is 0 Å². The lowest BCUT2D eigenvalue weighted by Gasteiger charge is -2.36. The van der Waals surface area contributed by atoms with E-state index < -0.39 is 0 Å². The molecule has 0 radical (unpaired) electrons. The molecule has 1 fully saturated rings. The molecule has 1 unspecified atom stereocenters. The number of hydrogen-bond acceptors (Lipinski definition) is 2. The minimum atomic E-state index is -0.0942. The van der Waals surface area contributed by atoms with Gasteiger partial charge in [0, 0.05) is 11.7 Å². The second-order valence-electron chi connectivity index (χ2n) is 6.33. The smallest absolute Gasteiger partial charge is 0.160 e. The van der Waals surface area contributed by atoms with Gasteiger partial charge in [-0.3, -0.25) is 0 Å². The van der Waals surface area contributed by atoms with E-state index in [0.717, 1.165) is 22.6 Å². The van der Waals surface area contributed by atoms with Gasteiger partial charge in [0.15, 0.2) is 5.65 Å². The molecule has 0 spiro atoms. The van der Waals surface area contributed by atoms with E-state index in [9.17, 15) is 0 Å². The molecule has 1 atom stereocenters. The predicted octanol–water partition coefficient (Wildman–Crippen LogP) is 4.72. The van der Waals surface area contributed by atoms with Crippen LogP contribution in [0.4, 0.5) is 0 Å². The highest BCUT2D eigenvalue weighted by Gasteiger charge is 2.33. The van der Waals surface area contributed by atoms with Crippen LogP contribution in [0.15, 0.2) is 12.3 Å². The summed E-state index contributed by atoms with van der Waals surface area (Å²) in [5.74, 6) is 0.962. The standard InChI is InChI=1S/C16H22ClN3/c1-11-9-13-15(18-10-11)20(14(19-13)12(2)17)16(3)7-5-4-6-8-16/h9-10,12H,4-8H2,1-3H3. The zero-order chi connectivity index (χ0) is 14.3. The molecule has 4 heteroatoms. The summed E-state index contributed by atoms with van der Waals surface area (Å²) < 4.78 is 2.32. The van der Waals surface area contributed by atoms with Crippen molar-refractivity contribution in [3.05, 3.63) is 23.7 Å². The lowest BCUT2D eigenvalue weighted by Crippen LogP contribution is -2.34. The van der Waals surface area contributed by atoms with Crippen LogP contribution in [-0.4, -0.2) is 14.5 Å². The first-order valence-electron chi connectivity index (χ1n) is 7.51. The monoisotopic (exact) mass is 291 g/mol. The van der Waals surface area contributed by atoms with E-state index in [2.05, 4.69) is 29.5 Å². The zero-order valence-electron chi connectivity index (χ0n) is 12.5. The Morgan fingerprint density at radius 1 is 1.30 bits per heavy atom. The molecular formula is C16H22ClN3. The van der Waals surface area contributed by atoms with Crippen molar-refractivity contribution in [3.8, 4) is 0 Å². The Kier molecular flexibility index (Phi) is 3.49. The fraction of sp³-hybridized carbons (Fsp3) is 0.625. The largest absolute Gasteiger partial charge is 0.306 e. The van der Waals surface area contributed by atoms with Gasteiger partial charge in [-0.25, -0.2) is 9.97 Å². The number of aromatic nitrogens is 3. The Bertz CT molecular complexity index is 624. The molecule has 0 aromatic carbocycles. The number of rotatable bonds is 2. The number of hydrogen-bond donors (Lipinski definition) is 0. The minimum absolute atomic E-state index is 0.0942. The van der Waals surface area contributed by atoms with Gasteiger partial charge >= 0.3 is 0 Å². The Morgan fingerprint density at radius 3 is 2.65 bits per heavy atom. The van der Waals surface area contributed by atoms with Crippen LogP contribution >= 0.6 is 11.6 Å². The van der Waals surface area contributed by atoms with Gasteiger partial charge in [-0.1, -0.05) is 19.3 Å². The first-order valence-corrected chi connectivity index (χ1v) is 7.94. The van der Waals surface area contributed by atoms with Crippen molar-refractivity contribution < 1.29 is 0 Å². The van der Waals surface area contributed by atoms with Crippen molar-refractivity contribution in [1.82, 2.24) is 14.5 Å². The molecule has 1 aliphatic carbocycles. The quantitative estimate of drug-likeness (QED) is 0.750. The second-order valence-corrected chi connectivity index (χ2v) is 6.99. The SMILES string of the molecule is Cc1cnc2c(c1)nc(C(C)Cl)n2C1(C)CCCCC1. The first kappa shape index (κ1) is 13.9. The zero-order valence-corrected chi connectivity index (χ0v) is 13.2. The highest BCUT2D eigenvalue weighted by molar-refractivity contribution is 6.20.